The summed E-state index contributed by atoms with van der Waals surface area (Å²) in [6, 6.07) is 7.99. The number of nitrogens with one attached hydrogen (secondary N) is 1. The summed E-state index contributed by atoms with van der Waals surface area (Å²) in [5, 5.41) is 12.0. The molecule has 0 radical (unpaired) electrons. The van der Waals surface area contributed by atoms with E-state index in [1.165, 1.54) is 18.2 Å². The van der Waals surface area contributed by atoms with E-state index in [0.717, 1.165) is 14.9 Å². The molecule has 1 aliphatic rings. The highest BCUT2D eigenvalue weighted by atomic mass is 32.2. The first-order valence-electron chi connectivity index (χ1n) is 9.72. The lowest BCUT2D eigenvalue weighted by Gasteiger charge is -2.49. The summed E-state index contributed by atoms with van der Waals surface area (Å²) in [6.07, 6.45) is -4.65. The third kappa shape index (κ3) is 4.45. The Kier molecular flexibility index (Phi) is 5.49. The first kappa shape index (κ1) is 23.2. The number of nitrogens with zero attached hydrogens (tertiary/aromatic N) is 5. The number of hydrogen-bond acceptors (Lipinski definition) is 6. The molecule has 3 aromatic rings. The molecule has 0 amide bonds. The zero-order chi connectivity index (χ0) is 24.2. The molecule has 1 fully saturated rings. The van der Waals surface area contributed by atoms with Gasteiger partial charge in [0.05, 0.1) is 0 Å². The van der Waals surface area contributed by atoms with Crippen molar-refractivity contribution in [1.29, 1.82) is 0 Å². The van der Waals surface area contributed by atoms with Gasteiger partial charge in [0.25, 0.3) is 10.2 Å². The molecule has 0 spiro atoms. The van der Waals surface area contributed by atoms with Crippen LogP contribution >= 0.6 is 0 Å². The molecule has 1 aliphatic heterocycles. The zero-order valence-corrected chi connectivity index (χ0v) is 18.5. The molecule has 1 saturated heterocycles. The van der Waals surface area contributed by atoms with Crippen LogP contribution in [0.5, 0.6) is 0 Å². The van der Waals surface area contributed by atoms with Crippen LogP contribution in [-0.2, 0) is 21.8 Å². The molecule has 0 unspecified atom stereocenters. The second-order valence-electron chi connectivity index (χ2n) is 8.15. The number of halogens is 4. The summed E-state index contributed by atoms with van der Waals surface area (Å²) in [7, 11) is -0.542. The third-order valence-electron chi connectivity index (χ3n) is 5.54. The molecule has 3 heterocycles. The smallest absolute Gasteiger partial charge is 0.369 e. The van der Waals surface area contributed by atoms with Gasteiger partial charge in [-0.2, -0.15) is 35.5 Å². The maximum Gasteiger partial charge on any atom is 0.435 e. The van der Waals surface area contributed by atoms with Crippen molar-refractivity contribution in [2.45, 2.75) is 11.6 Å². The lowest BCUT2D eigenvalue weighted by atomic mass is 9.75. The van der Waals surface area contributed by atoms with E-state index >= 15 is 0 Å². The van der Waals surface area contributed by atoms with Crippen LogP contribution < -0.4 is 15.4 Å². The molecular formula is C19H21F4N7O2S. The minimum Gasteiger partial charge on any atom is -0.369 e. The quantitative estimate of drug-likeness (QED) is 0.514. The lowest BCUT2D eigenvalue weighted by Crippen LogP contribution is -2.65. The van der Waals surface area contributed by atoms with E-state index < -0.39 is 33.3 Å². The van der Waals surface area contributed by atoms with Crippen molar-refractivity contribution in [2.75, 3.05) is 43.9 Å². The number of aromatic nitrogens is 3. The molecule has 1 aromatic carbocycles. The maximum absolute atomic E-state index is 13.4. The maximum atomic E-state index is 13.4. The Morgan fingerprint density at radius 1 is 1.18 bits per heavy atom. The normalized spacial score (nSPS) is 16.6. The van der Waals surface area contributed by atoms with E-state index in [-0.39, 0.29) is 31.1 Å². The summed E-state index contributed by atoms with van der Waals surface area (Å²) in [5.74, 6) is 0.177. The summed E-state index contributed by atoms with van der Waals surface area (Å²) in [4.78, 5) is 5.83. The standard InChI is InChI=1S/C19H21F4N7O2S/c1-28(2)16-8-15(30-17(26-16)7-14(27-30)19(21,22)23)25-9-18(10-29(11-18)33(24,31)32)12-3-5-13(20)6-4-12/h3-8,25H,9-11H2,1-2H3,(H2,24,31,32). The van der Waals surface area contributed by atoms with Crippen LogP contribution in [0.25, 0.3) is 5.65 Å². The highest BCUT2D eigenvalue weighted by Crippen LogP contribution is 2.37. The fourth-order valence-electron chi connectivity index (χ4n) is 3.72. The van der Waals surface area contributed by atoms with Gasteiger partial charge in [0.15, 0.2) is 11.3 Å². The van der Waals surface area contributed by atoms with Crippen LogP contribution in [0.3, 0.4) is 0 Å². The molecule has 0 bridgehead atoms. The van der Waals surface area contributed by atoms with Gasteiger partial charge in [-0.05, 0) is 17.7 Å². The Bertz CT molecular complexity index is 1280. The van der Waals surface area contributed by atoms with E-state index in [1.54, 1.807) is 31.1 Å². The molecule has 3 N–H and O–H groups in total. The number of benzene rings is 1. The SMILES string of the molecule is CN(C)c1cc(NCC2(c3ccc(F)cc3)CN(S(N)(=O)=O)C2)n2nc(C(F)(F)F)cc2n1. The Morgan fingerprint density at radius 2 is 1.82 bits per heavy atom. The third-order valence-corrected chi connectivity index (χ3v) is 6.52. The van der Waals surface area contributed by atoms with Crippen LogP contribution in [0.4, 0.5) is 29.2 Å². The van der Waals surface area contributed by atoms with Gasteiger partial charge < -0.3 is 10.2 Å². The summed E-state index contributed by atoms with van der Waals surface area (Å²) in [5.41, 5.74) is -1.22. The summed E-state index contributed by atoms with van der Waals surface area (Å²) in [6.45, 7) is 0.163. The number of rotatable bonds is 6. The van der Waals surface area contributed by atoms with E-state index in [9.17, 15) is 26.0 Å². The zero-order valence-electron chi connectivity index (χ0n) is 17.6. The molecule has 0 aliphatic carbocycles. The van der Waals surface area contributed by atoms with E-state index in [1.807, 2.05) is 0 Å². The Labute approximate surface area is 187 Å². The molecule has 14 heteroatoms. The van der Waals surface area contributed by atoms with Gasteiger partial charge in [0.2, 0.25) is 0 Å². The van der Waals surface area contributed by atoms with Gasteiger partial charge in [0, 0.05) is 51.3 Å². The van der Waals surface area contributed by atoms with E-state index in [4.69, 9.17) is 5.14 Å². The number of anilines is 2. The number of hydrogen-bond donors (Lipinski definition) is 2. The largest absolute Gasteiger partial charge is 0.435 e. The fourth-order valence-corrected chi connectivity index (χ4v) is 4.58. The first-order valence-corrected chi connectivity index (χ1v) is 11.2. The number of fused-ring (bicyclic) bond motifs is 1. The Balaban J connectivity index is 1.71. The summed E-state index contributed by atoms with van der Waals surface area (Å²) >= 11 is 0. The molecule has 178 valence electrons. The van der Waals surface area contributed by atoms with Crippen molar-refractivity contribution in [1.82, 2.24) is 18.9 Å². The van der Waals surface area contributed by atoms with Gasteiger partial charge in [-0.3, -0.25) is 0 Å². The highest BCUT2D eigenvalue weighted by Gasteiger charge is 2.48. The van der Waals surface area contributed by atoms with Crippen molar-refractivity contribution in [3.63, 3.8) is 0 Å². The Morgan fingerprint density at radius 3 is 2.36 bits per heavy atom. The minimum atomic E-state index is -4.65. The number of nitrogens with two attached hydrogens (primary N) is 1. The number of alkyl halides is 3. The lowest BCUT2D eigenvalue weighted by molar-refractivity contribution is -0.141. The predicted molar refractivity (Wildman–Crippen MR) is 114 cm³/mol. The van der Waals surface area contributed by atoms with Crippen molar-refractivity contribution in [2.24, 2.45) is 5.14 Å². The van der Waals surface area contributed by atoms with Crippen molar-refractivity contribution in [3.05, 3.63) is 53.5 Å². The average Bonchev–Trinajstić information content (AvgIpc) is 3.12. The molecule has 9 nitrogen and oxygen atoms in total. The van der Waals surface area contributed by atoms with E-state index in [2.05, 4.69) is 15.4 Å². The molecule has 2 aromatic heterocycles. The van der Waals surface area contributed by atoms with Crippen molar-refractivity contribution >= 4 is 27.5 Å². The molecule has 0 atom stereocenters. The minimum absolute atomic E-state index is 0.00775. The molecule has 4 rings (SSSR count). The monoisotopic (exact) mass is 487 g/mol. The Hall–Kier alpha value is -2.97. The fraction of sp³-hybridized carbons (Fsp3) is 0.368. The molecule has 0 saturated carbocycles. The van der Waals surface area contributed by atoms with Crippen LogP contribution in [0.15, 0.2) is 36.4 Å². The topological polar surface area (TPSA) is 109 Å². The first-order chi connectivity index (χ1) is 15.3. The van der Waals surface area contributed by atoms with Gasteiger partial charge in [-0.25, -0.2) is 14.5 Å². The van der Waals surface area contributed by atoms with E-state index in [0.29, 0.717) is 11.4 Å². The van der Waals surface area contributed by atoms with Crippen LogP contribution in [0, 0.1) is 5.82 Å². The summed E-state index contributed by atoms with van der Waals surface area (Å²) < 4.78 is 78.7. The second-order valence-corrected chi connectivity index (χ2v) is 9.69. The van der Waals surface area contributed by atoms with Crippen LogP contribution in [-0.4, -0.2) is 61.1 Å². The van der Waals surface area contributed by atoms with Crippen LogP contribution in [0.1, 0.15) is 11.3 Å². The van der Waals surface area contributed by atoms with Crippen molar-refractivity contribution < 1.29 is 26.0 Å². The molecular weight excluding hydrogens is 466 g/mol. The molecule has 33 heavy (non-hydrogen) atoms. The van der Waals surface area contributed by atoms with Crippen molar-refractivity contribution in [3.8, 4) is 0 Å². The predicted octanol–water partition coefficient (Wildman–Crippen LogP) is 1.82. The van der Waals surface area contributed by atoms with Gasteiger partial charge in [0.1, 0.15) is 17.5 Å². The van der Waals surface area contributed by atoms with Gasteiger partial charge in [-0.1, -0.05) is 12.1 Å². The van der Waals surface area contributed by atoms with Crippen LogP contribution in [0.2, 0.25) is 0 Å². The highest BCUT2D eigenvalue weighted by molar-refractivity contribution is 7.86. The second kappa shape index (κ2) is 7.81. The average molecular weight is 487 g/mol. The van der Waals surface area contributed by atoms with Gasteiger partial charge in [-0.15, -0.1) is 0 Å². The van der Waals surface area contributed by atoms with Gasteiger partial charge >= 0.3 is 6.18 Å².